The Bertz CT molecular complexity index is 787. The third-order valence-electron chi connectivity index (χ3n) is 4.97. The number of carbonyl (C=O) groups excluding carboxylic acids is 1. The minimum Gasteiger partial charge on any atom is -0.487 e. The van der Waals surface area contributed by atoms with Crippen molar-refractivity contribution in [2.45, 2.75) is 45.0 Å². The van der Waals surface area contributed by atoms with Crippen LogP contribution in [0, 0.1) is 17.6 Å². The largest absolute Gasteiger partial charge is 0.487 e. The van der Waals surface area contributed by atoms with Gasteiger partial charge in [-0.25, -0.2) is 8.78 Å². The molecule has 1 fully saturated rings. The van der Waals surface area contributed by atoms with Crippen molar-refractivity contribution in [2.75, 3.05) is 7.11 Å². The van der Waals surface area contributed by atoms with E-state index >= 15 is 0 Å². The zero-order valence-corrected chi connectivity index (χ0v) is 15.8. The minimum absolute atomic E-state index is 0.0150. The van der Waals surface area contributed by atoms with Crippen LogP contribution in [-0.2, 0) is 27.5 Å². The van der Waals surface area contributed by atoms with Crippen molar-refractivity contribution in [1.82, 2.24) is 0 Å². The lowest BCUT2D eigenvalue weighted by Crippen LogP contribution is -2.28. The number of esters is 1. The first-order chi connectivity index (χ1) is 13.6. The normalized spacial score (nSPS) is 19.2. The van der Waals surface area contributed by atoms with Gasteiger partial charge in [-0.1, -0.05) is 30.3 Å². The van der Waals surface area contributed by atoms with Gasteiger partial charge in [0.05, 0.1) is 32.3 Å². The molecule has 3 rings (SSSR count). The maximum absolute atomic E-state index is 14.2. The maximum Gasteiger partial charge on any atom is 0.308 e. The van der Waals surface area contributed by atoms with E-state index in [0.29, 0.717) is 32.3 Å². The first-order valence-electron chi connectivity index (χ1n) is 9.41. The second kappa shape index (κ2) is 9.64. The van der Waals surface area contributed by atoms with E-state index < -0.39 is 11.6 Å². The van der Waals surface area contributed by atoms with Crippen molar-refractivity contribution in [3.8, 4) is 5.75 Å². The molecular weight excluding hydrogens is 366 g/mol. The summed E-state index contributed by atoms with van der Waals surface area (Å²) in [6.45, 7) is 0.359. The van der Waals surface area contributed by atoms with Crippen LogP contribution in [0.3, 0.4) is 0 Å². The molecule has 0 radical (unpaired) electrons. The molecule has 1 saturated carbocycles. The monoisotopic (exact) mass is 390 g/mol. The van der Waals surface area contributed by atoms with Crippen molar-refractivity contribution >= 4 is 5.97 Å². The molecule has 150 valence electrons. The third kappa shape index (κ3) is 5.29. The Morgan fingerprint density at radius 1 is 1.00 bits per heavy atom. The maximum atomic E-state index is 14.2. The second-order valence-corrected chi connectivity index (χ2v) is 6.97. The summed E-state index contributed by atoms with van der Waals surface area (Å²) in [6, 6.07) is 11.7. The van der Waals surface area contributed by atoms with Crippen LogP contribution in [0.15, 0.2) is 42.5 Å². The smallest absolute Gasteiger partial charge is 0.308 e. The molecule has 1 aliphatic carbocycles. The van der Waals surface area contributed by atoms with Crippen LogP contribution in [0.1, 0.15) is 36.8 Å². The highest BCUT2D eigenvalue weighted by Crippen LogP contribution is 2.30. The first kappa shape index (κ1) is 20.3. The van der Waals surface area contributed by atoms with E-state index in [1.807, 2.05) is 30.3 Å². The molecule has 0 amide bonds. The van der Waals surface area contributed by atoms with Gasteiger partial charge in [-0.15, -0.1) is 0 Å². The molecule has 0 aliphatic heterocycles. The highest BCUT2D eigenvalue weighted by Gasteiger charge is 2.28. The summed E-state index contributed by atoms with van der Waals surface area (Å²) < 4.78 is 44.3. The Morgan fingerprint density at radius 2 is 1.71 bits per heavy atom. The molecule has 0 atom stereocenters. The summed E-state index contributed by atoms with van der Waals surface area (Å²) >= 11 is 0. The molecule has 0 heterocycles. The van der Waals surface area contributed by atoms with Crippen LogP contribution in [0.5, 0.6) is 5.75 Å². The van der Waals surface area contributed by atoms with E-state index in [9.17, 15) is 13.6 Å². The Morgan fingerprint density at radius 3 is 2.39 bits per heavy atom. The van der Waals surface area contributed by atoms with E-state index in [1.165, 1.54) is 13.2 Å². The van der Waals surface area contributed by atoms with Gasteiger partial charge in [0.1, 0.15) is 5.82 Å². The first-order valence-corrected chi connectivity index (χ1v) is 9.41. The number of hydrogen-bond acceptors (Lipinski definition) is 4. The molecular formula is C22H24F2O4. The Balaban J connectivity index is 1.58. The van der Waals surface area contributed by atoms with Crippen LogP contribution in [-0.4, -0.2) is 19.2 Å². The number of hydrogen-bond donors (Lipinski definition) is 0. The molecule has 6 heteroatoms. The van der Waals surface area contributed by atoms with Crippen LogP contribution in [0.25, 0.3) is 0 Å². The predicted octanol–water partition coefficient (Wildman–Crippen LogP) is 4.79. The average Bonchev–Trinajstić information content (AvgIpc) is 2.72. The fourth-order valence-corrected chi connectivity index (χ4v) is 3.39. The van der Waals surface area contributed by atoms with E-state index in [4.69, 9.17) is 14.2 Å². The average molecular weight is 390 g/mol. The number of rotatable bonds is 7. The summed E-state index contributed by atoms with van der Waals surface area (Å²) in [5.41, 5.74) is 1.22. The van der Waals surface area contributed by atoms with Crippen molar-refractivity contribution < 1.29 is 27.8 Å². The lowest BCUT2D eigenvalue weighted by Gasteiger charge is -2.27. The molecule has 0 aromatic heterocycles. The summed E-state index contributed by atoms with van der Waals surface area (Å²) in [5, 5.41) is 0. The van der Waals surface area contributed by atoms with Gasteiger partial charge in [-0.3, -0.25) is 4.79 Å². The third-order valence-corrected chi connectivity index (χ3v) is 4.97. The van der Waals surface area contributed by atoms with Crippen molar-refractivity contribution in [3.05, 3.63) is 65.2 Å². The second-order valence-electron chi connectivity index (χ2n) is 6.97. The number of ether oxygens (including phenoxy) is 3. The number of methoxy groups -OCH3 is 1. The van der Waals surface area contributed by atoms with Crippen molar-refractivity contribution in [1.29, 1.82) is 0 Å². The van der Waals surface area contributed by atoms with Gasteiger partial charge in [0.2, 0.25) is 0 Å². The molecule has 1 aliphatic rings. The highest BCUT2D eigenvalue weighted by molar-refractivity contribution is 5.72. The van der Waals surface area contributed by atoms with E-state index in [0.717, 1.165) is 11.6 Å². The summed E-state index contributed by atoms with van der Waals surface area (Å²) in [4.78, 5) is 11.6. The van der Waals surface area contributed by atoms with Crippen LogP contribution in [0.2, 0.25) is 0 Å². The van der Waals surface area contributed by atoms with E-state index in [2.05, 4.69) is 0 Å². The van der Waals surface area contributed by atoms with Gasteiger partial charge in [-0.05, 0) is 37.3 Å². The zero-order valence-electron chi connectivity index (χ0n) is 15.8. The molecule has 2 aromatic carbocycles. The van der Waals surface area contributed by atoms with Gasteiger partial charge >= 0.3 is 5.97 Å². The van der Waals surface area contributed by atoms with Crippen molar-refractivity contribution in [3.63, 3.8) is 0 Å². The molecule has 0 N–H and O–H groups in total. The summed E-state index contributed by atoms with van der Waals surface area (Å²) in [7, 11) is 1.38. The van der Waals surface area contributed by atoms with Gasteiger partial charge in [-0.2, -0.15) is 0 Å². The quantitative estimate of drug-likeness (QED) is 0.638. The standard InChI is InChI=1S/C22H24F2O4/c1-26-22(25)16-7-9-18(10-8-16)28-21-11-17(19(23)12-20(21)24)14-27-13-15-5-3-2-4-6-15/h2-6,11-12,16,18H,7-10,13-14H2,1H3/t16-,18+. The molecule has 28 heavy (non-hydrogen) atoms. The van der Waals surface area contributed by atoms with Gasteiger partial charge in [0.25, 0.3) is 0 Å². The minimum atomic E-state index is -0.737. The van der Waals surface area contributed by atoms with Crippen LogP contribution in [0.4, 0.5) is 8.78 Å². The van der Waals surface area contributed by atoms with Gasteiger partial charge < -0.3 is 14.2 Å². The fourth-order valence-electron chi connectivity index (χ4n) is 3.39. The van der Waals surface area contributed by atoms with Crippen molar-refractivity contribution in [2.24, 2.45) is 5.92 Å². The molecule has 0 spiro atoms. The molecule has 2 aromatic rings. The lowest BCUT2D eigenvalue weighted by atomic mass is 9.87. The highest BCUT2D eigenvalue weighted by atomic mass is 19.1. The molecule has 0 unspecified atom stereocenters. The number of carbonyl (C=O) groups is 1. The topological polar surface area (TPSA) is 44.8 Å². The number of benzene rings is 2. The van der Waals surface area contributed by atoms with Crippen LogP contribution >= 0.6 is 0 Å². The fraction of sp³-hybridized carbons (Fsp3) is 0.409. The van der Waals surface area contributed by atoms with E-state index in [-0.39, 0.29) is 35.9 Å². The molecule has 0 bridgehead atoms. The van der Waals surface area contributed by atoms with Gasteiger partial charge in [0.15, 0.2) is 11.6 Å². The Kier molecular flexibility index (Phi) is 6.98. The van der Waals surface area contributed by atoms with E-state index in [1.54, 1.807) is 0 Å². The summed E-state index contributed by atoms with van der Waals surface area (Å²) in [6.07, 6.45) is 2.30. The Hall–Kier alpha value is -2.47. The Labute approximate surface area is 163 Å². The molecule has 4 nitrogen and oxygen atoms in total. The van der Waals surface area contributed by atoms with Crippen LogP contribution < -0.4 is 4.74 Å². The van der Waals surface area contributed by atoms with Gasteiger partial charge in [0, 0.05) is 11.6 Å². The SMILES string of the molecule is COC(=O)[C@H]1CC[C@@H](Oc2cc(COCc3ccccc3)c(F)cc2F)CC1. The lowest BCUT2D eigenvalue weighted by molar-refractivity contribution is -0.147. The molecule has 0 saturated heterocycles. The zero-order chi connectivity index (χ0) is 19.9. The summed E-state index contributed by atoms with van der Waals surface area (Å²) in [5.74, 6) is -1.73. The number of halogens is 2. The predicted molar refractivity (Wildman–Crippen MR) is 99.7 cm³/mol.